The number of aliphatic carboxylic acids is 2. The number of aliphatic hydroxyl groups is 1. The van der Waals surface area contributed by atoms with Crippen LogP contribution in [0, 0.1) is 6.92 Å². The van der Waals surface area contributed by atoms with Crippen molar-refractivity contribution in [3.8, 4) is 0 Å². The molecule has 10 heteroatoms. The van der Waals surface area contributed by atoms with Gasteiger partial charge in [0.15, 0.2) is 6.10 Å². The van der Waals surface area contributed by atoms with E-state index in [0.29, 0.717) is 0 Å². The highest BCUT2D eigenvalue weighted by Gasteiger charge is 2.16. The van der Waals surface area contributed by atoms with Crippen LogP contribution < -0.4 is 10.8 Å². The lowest BCUT2D eigenvalue weighted by Gasteiger charge is -2.06. The molecule has 7 N–H and O–H groups in total. The van der Waals surface area contributed by atoms with Gasteiger partial charge in [0.2, 0.25) is 0 Å². The van der Waals surface area contributed by atoms with Gasteiger partial charge in [0.1, 0.15) is 0 Å². The third-order valence-electron chi connectivity index (χ3n) is 5.08. The van der Waals surface area contributed by atoms with E-state index in [1.54, 1.807) is 11.6 Å². The number of carboxylic acids is 2. The van der Waals surface area contributed by atoms with Crippen molar-refractivity contribution in [1.82, 2.24) is 15.8 Å². The molecule has 1 aromatic heterocycles. The van der Waals surface area contributed by atoms with Gasteiger partial charge in [-0.2, -0.15) is 0 Å². The van der Waals surface area contributed by atoms with Crippen molar-refractivity contribution in [2.45, 2.75) is 32.4 Å². The summed E-state index contributed by atoms with van der Waals surface area (Å²) in [6, 6.07) is 16.4. The minimum Gasteiger partial charge on any atom is -0.481 e. The maximum absolute atomic E-state index is 11.0. The number of hydroxylamine groups is 1. The standard InChI is InChI=1S/C21H23N3O2.C4H6O5/c1-15-18(19-4-2-3-5-20(19)23-15)12-13-22-14-17-8-6-16(7-9-17)10-11-21(25)24-26;5-2(4(8)9)1-3(6)7/h2-11,22-23,26H,12-14H2,1H3,(H,24,25);2,5H,1H2,(H,6,7)(H,8,9)/b11-10+;. The molecule has 0 radical (unpaired) electrons. The van der Waals surface area contributed by atoms with Crippen LogP contribution in [0.5, 0.6) is 0 Å². The predicted molar refractivity (Wildman–Crippen MR) is 130 cm³/mol. The van der Waals surface area contributed by atoms with Gasteiger partial charge >= 0.3 is 11.9 Å². The normalized spacial score (nSPS) is 11.6. The number of aryl methyl sites for hydroxylation is 1. The number of amides is 1. The fourth-order valence-electron chi connectivity index (χ4n) is 3.31. The van der Waals surface area contributed by atoms with Gasteiger partial charge in [-0.1, -0.05) is 42.5 Å². The average molecular weight is 484 g/mol. The number of hydrogen-bond acceptors (Lipinski definition) is 6. The van der Waals surface area contributed by atoms with Gasteiger partial charge < -0.3 is 25.6 Å². The lowest BCUT2D eigenvalue weighted by molar-refractivity contribution is -0.152. The van der Waals surface area contributed by atoms with Crippen LogP contribution in [0.4, 0.5) is 0 Å². The summed E-state index contributed by atoms with van der Waals surface area (Å²) in [5.74, 6) is -3.38. The second-order valence-electron chi connectivity index (χ2n) is 7.70. The molecule has 10 nitrogen and oxygen atoms in total. The van der Waals surface area contributed by atoms with Crippen molar-refractivity contribution in [2.75, 3.05) is 6.54 Å². The van der Waals surface area contributed by atoms with Crippen LogP contribution in [0.25, 0.3) is 17.0 Å². The number of benzene rings is 2. The molecule has 3 rings (SSSR count). The summed E-state index contributed by atoms with van der Waals surface area (Å²) in [6.45, 7) is 3.82. The predicted octanol–water partition coefficient (Wildman–Crippen LogP) is 2.23. The molecule has 0 saturated carbocycles. The number of carbonyl (C=O) groups excluding carboxylic acids is 1. The second-order valence-corrected chi connectivity index (χ2v) is 7.70. The SMILES string of the molecule is Cc1[nH]c2ccccc2c1CCNCc1ccc(/C=C/C(=O)NO)cc1.O=C(O)CC(O)C(=O)O. The number of hydrogen-bond donors (Lipinski definition) is 7. The first-order valence-electron chi connectivity index (χ1n) is 10.8. The summed E-state index contributed by atoms with van der Waals surface area (Å²) in [5.41, 5.74) is 7.46. The van der Waals surface area contributed by atoms with Gasteiger partial charge in [-0.05, 0) is 48.7 Å². The van der Waals surface area contributed by atoms with Crippen LogP contribution in [0.15, 0.2) is 54.6 Å². The molecule has 2 aromatic carbocycles. The largest absolute Gasteiger partial charge is 0.481 e. The fraction of sp³-hybridized carbons (Fsp3) is 0.240. The first-order chi connectivity index (χ1) is 16.7. The van der Waals surface area contributed by atoms with Gasteiger partial charge in [0, 0.05) is 29.2 Å². The highest BCUT2D eigenvalue weighted by Crippen LogP contribution is 2.21. The second kappa shape index (κ2) is 13.7. The van der Waals surface area contributed by atoms with Crippen molar-refractivity contribution < 1.29 is 34.9 Å². The summed E-state index contributed by atoms with van der Waals surface area (Å²) < 4.78 is 0. The third-order valence-corrected chi connectivity index (χ3v) is 5.08. The van der Waals surface area contributed by atoms with Crippen LogP contribution in [0.2, 0.25) is 0 Å². The Bertz CT molecular complexity index is 1170. The van der Waals surface area contributed by atoms with E-state index in [1.807, 2.05) is 24.3 Å². The summed E-state index contributed by atoms with van der Waals surface area (Å²) >= 11 is 0. The summed E-state index contributed by atoms with van der Waals surface area (Å²) in [6.07, 6.45) is 1.38. The number of H-pyrrole nitrogens is 1. The summed E-state index contributed by atoms with van der Waals surface area (Å²) in [4.78, 5) is 33.8. The molecular weight excluding hydrogens is 454 g/mol. The van der Waals surface area contributed by atoms with E-state index in [2.05, 4.69) is 41.5 Å². The van der Waals surface area contributed by atoms with Crippen LogP contribution in [-0.4, -0.2) is 56.0 Å². The van der Waals surface area contributed by atoms with Crippen LogP contribution >= 0.6 is 0 Å². The smallest absolute Gasteiger partial charge is 0.333 e. The quantitative estimate of drug-likeness (QED) is 0.0995. The lowest BCUT2D eigenvalue weighted by Crippen LogP contribution is -2.22. The molecule has 1 atom stereocenters. The van der Waals surface area contributed by atoms with E-state index in [1.165, 1.54) is 33.8 Å². The molecular formula is C25H29N3O7. The van der Waals surface area contributed by atoms with Gasteiger partial charge in [-0.25, -0.2) is 10.3 Å². The Kier molecular flexibility index (Phi) is 10.6. The monoisotopic (exact) mass is 483 g/mol. The van der Waals surface area contributed by atoms with E-state index in [9.17, 15) is 14.4 Å². The van der Waals surface area contributed by atoms with Crippen molar-refractivity contribution in [1.29, 1.82) is 0 Å². The molecule has 0 aliphatic carbocycles. The Morgan fingerprint density at radius 2 is 1.74 bits per heavy atom. The van der Waals surface area contributed by atoms with Crippen LogP contribution in [0.3, 0.4) is 0 Å². The Hall–Kier alpha value is -3.99. The van der Waals surface area contributed by atoms with Crippen molar-refractivity contribution in [2.24, 2.45) is 0 Å². The van der Waals surface area contributed by atoms with Gasteiger partial charge in [-0.15, -0.1) is 0 Å². The van der Waals surface area contributed by atoms with Crippen molar-refractivity contribution >= 4 is 34.8 Å². The number of rotatable bonds is 10. The first kappa shape index (κ1) is 27.3. The highest BCUT2D eigenvalue weighted by atomic mass is 16.5. The zero-order valence-electron chi connectivity index (χ0n) is 19.2. The van der Waals surface area contributed by atoms with Crippen molar-refractivity contribution in [3.05, 3.63) is 77.0 Å². The molecule has 0 bridgehead atoms. The Labute approximate surface area is 201 Å². The number of carbonyl (C=O) groups is 3. The van der Waals surface area contributed by atoms with Crippen LogP contribution in [0.1, 0.15) is 28.8 Å². The minimum atomic E-state index is -1.79. The van der Waals surface area contributed by atoms with Gasteiger partial charge in [0.25, 0.3) is 5.91 Å². The van der Waals surface area contributed by atoms with Crippen molar-refractivity contribution in [3.63, 3.8) is 0 Å². The van der Waals surface area contributed by atoms with E-state index in [4.69, 9.17) is 20.5 Å². The molecule has 0 saturated heterocycles. The van der Waals surface area contributed by atoms with E-state index < -0.39 is 30.4 Å². The number of para-hydroxylation sites is 1. The third kappa shape index (κ3) is 9.05. The van der Waals surface area contributed by atoms with Gasteiger partial charge in [-0.3, -0.25) is 14.8 Å². The zero-order chi connectivity index (χ0) is 25.8. The fourth-order valence-corrected chi connectivity index (χ4v) is 3.31. The number of fused-ring (bicyclic) bond motifs is 1. The Morgan fingerprint density at radius 1 is 1.06 bits per heavy atom. The number of carboxylic acid groups (broad SMARTS) is 2. The summed E-state index contributed by atoms with van der Waals surface area (Å²) in [5, 5.41) is 37.4. The molecule has 186 valence electrons. The molecule has 1 unspecified atom stereocenters. The number of aliphatic hydroxyl groups excluding tert-OH is 1. The maximum atomic E-state index is 11.0. The van der Waals surface area contributed by atoms with E-state index in [-0.39, 0.29) is 0 Å². The van der Waals surface area contributed by atoms with Gasteiger partial charge in [0.05, 0.1) is 6.42 Å². The van der Waals surface area contributed by atoms with E-state index >= 15 is 0 Å². The molecule has 1 amide bonds. The maximum Gasteiger partial charge on any atom is 0.333 e. The molecule has 1 heterocycles. The average Bonchev–Trinajstić information content (AvgIpc) is 3.15. The Morgan fingerprint density at radius 3 is 2.34 bits per heavy atom. The lowest BCUT2D eigenvalue weighted by atomic mass is 10.1. The Balaban J connectivity index is 0.000000410. The molecule has 0 aliphatic rings. The topological polar surface area (TPSA) is 172 Å². The zero-order valence-corrected chi connectivity index (χ0v) is 19.2. The highest BCUT2D eigenvalue weighted by molar-refractivity contribution is 5.90. The molecule has 3 aromatic rings. The molecule has 0 aliphatic heterocycles. The molecule has 0 spiro atoms. The van der Waals surface area contributed by atoms with Crippen LogP contribution in [-0.2, 0) is 27.3 Å². The molecule has 0 fully saturated rings. The summed E-state index contributed by atoms with van der Waals surface area (Å²) in [7, 11) is 0. The first-order valence-corrected chi connectivity index (χ1v) is 10.8. The minimum absolute atomic E-state index is 0.539. The number of aromatic nitrogens is 1. The number of aromatic amines is 1. The molecule has 35 heavy (non-hydrogen) atoms. The number of nitrogens with one attached hydrogen (secondary N) is 3. The van der Waals surface area contributed by atoms with E-state index in [0.717, 1.165) is 25.1 Å².